The Hall–Kier alpha value is -3.71. The Labute approximate surface area is 234 Å². The molecule has 0 saturated carbocycles. The zero-order valence-corrected chi connectivity index (χ0v) is 22.9. The van der Waals surface area contributed by atoms with Crippen LogP contribution in [0, 0.1) is 18.3 Å². The van der Waals surface area contributed by atoms with E-state index in [1.165, 1.54) is 11.8 Å². The molecule has 3 aromatic rings. The maximum absolute atomic E-state index is 13.4. The van der Waals surface area contributed by atoms with Gasteiger partial charge in [-0.3, -0.25) is 23.9 Å². The van der Waals surface area contributed by atoms with Crippen molar-refractivity contribution in [1.82, 2.24) is 9.47 Å². The number of nitrogens with zero attached hydrogens (tertiary/aromatic N) is 3. The Morgan fingerprint density at radius 3 is 2.47 bits per heavy atom. The molecule has 192 valence electrons. The number of hydrogen-bond acceptors (Lipinski definition) is 7. The highest BCUT2D eigenvalue weighted by molar-refractivity contribution is 8.26. The molecule has 1 atom stereocenters. The number of halogens is 1. The summed E-state index contributed by atoms with van der Waals surface area (Å²) in [6.45, 7) is 3.14. The van der Waals surface area contributed by atoms with Crippen LogP contribution in [0.25, 0.3) is 6.08 Å². The van der Waals surface area contributed by atoms with E-state index >= 15 is 0 Å². The molecule has 1 saturated heterocycles. The second-order valence-corrected chi connectivity index (χ2v) is 10.7. The number of thiocarbonyl (C=S) groups is 1. The van der Waals surface area contributed by atoms with Gasteiger partial charge in [0.2, 0.25) is 5.88 Å². The molecule has 0 radical (unpaired) electrons. The summed E-state index contributed by atoms with van der Waals surface area (Å²) in [5, 5.41) is 21.3. The van der Waals surface area contributed by atoms with Crippen LogP contribution in [0.4, 0.5) is 0 Å². The molecule has 1 aromatic heterocycles. The number of amides is 1. The van der Waals surface area contributed by atoms with Crippen molar-refractivity contribution in [3.63, 3.8) is 0 Å². The third-order valence-corrected chi connectivity index (χ3v) is 7.93. The van der Waals surface area contributed by atoms with Crippen molar-refractivity contribution in [3.8, 4) is 11.9 Å². The molecule has 0 aliphatic carbocycles. The fourth-order valence-electron chi connectivity index (χ4n) is 4.24. The molecule has 1 amide bonds. The molecule has 1 aliphatic rings. The van der Waals surface area contributed by atoms with Crippen LogP contribution in [0.1, 0.15) is 52.0 Å². The molecule has 0 spiro atoms. The second-order valence-electron chi connectivity index (χ2n) is 8.63. The molecule has 2 heterocycles. The number of aromatic hydroxyl groups is 1. The number of Topliss-reactive ketones (excluding diaryl/α,β-unsaturated/α-hetero) is 1. The van der Waals surface area contributed by atoms with Gasteiger partial charge < -0.3 is 5.11 Å². The Morgan fingerprint density at radius 2 is 1.84 bits per heavy atom. The molecular formula is C28H22ClN3O4S2. The number of benzene rings is 2. The van der Waals surface area contributed by atoms with E-state index in [1.54, 1.807) is 61.5 Å². The Morgan fingerprint density at radius 1 is 1.18 bits per heavy atom. The number of carbonyl (C=O) groups is 2. The molecule has 1 N–H and O–H groups in total. The summed E-state index contributed by atoms with van der Waals surface area (Å²) in [6, 6.07) is 17.2. The third-order valence-electron chi connectivity index (χ3n) is 6.30. The highest BCUT2D eigenvalue weighted by Gasteiger charge is 2.33. The van der Waals surface area contributed by atoms with Gasteiger partial charge >= 0.3 is 0 Å². The Kier molecular flexibility index (Phi) is 8.17. The zero-order chi connectivity index (χ0) is 27.6. The van der Waals surface area contributed by atoms with Gasteiger partial charge in [0.15, 0.2) is 5.78 Å². The molecule has 1 aliphatic heterocycles. The lowest BCUT2D eigenvalue weighted by atomic mass is 9.98. The fraction of sp³-hybridized carbons (Fsp3) is 0.179. The summed E-state index contributed by atoms with van der Waals surface area (Å²) < 4.78 is 1.37. The van der Waals surface area contributed by atoms with E-state index < -0.39 is 23.3 Å². The predicted molar refractivity (Wildman–Crippen MR) is 152 cm³/mol. The van der Waals surface area contributed by atoms with Gasteiger partial charge in [-0.25, -0.2) is 0 Å². The van der Waals surface area contributed by atoms with Gasteiger partial charge in [0.25, 0.3) is 11.5 Å². The number of nitriles is 1. The maximum Gasteiger partial charge on any atom is 0.272 e. The monoisotopic (exact) mass is 563 g/mol. The predicted octanol–water partition coefficient (Wildman–Crippen LogP) is 5.47. The lowest BCUT2D eigenvalue weighted by molar-refractivity contribution is -0.122. The minimum atomic E-state index is -0.681. The van der Waals surface area contributed by atoms with Crippen molar-refractivity contribution in [3.05, 3.63) is 103 Å². The lowest BCUT2D eigenvalue weighted by Gasteiger charge is -2.21. The molecule has 0 bridgehead atoms. The van der Waals surface area contributed by atoms with E-state index in [9.17, 15) is 24.8 Å². The first-order chi connectivity index (χ1) is 18.1. The van der Waals surface area contributed by atoms with Gasteiger partial charge in [-0.2, -0.15) is 5.26 Å². The number of ketones is 1. The largest absolute Gasteiger partial charge is 0.494 e. The van der Waals surface area contributed by atoms with Gasteiger partial charge in [-0.1, -0.05) is 78.0 Å². The summed E-state index contributed by atoms with van der Waals surface area (Å²) >= 11 is 12.4. The SMILES string of the molecule is Cc1c(C(=O)CCN2C(=O)/C(=C/c3ccc(Cl)cc3)SC2=S)c(O)n(C(C)c2ccccc2)c(=O)c1C#N. The number of thioether (sulfide) groups is 1. The topological polar surface area (TPSA) is 103 Å². The van der Waals surface area contributed by atoms with Crippen LogP contribution in [0.3, 0.4) is 0 Å². The Balaban J connectivity index is 1.61. The average molecular weight is 564 g/mol. The van der Waals surface area contributed by atoms with Gasteiger partial charge in [0.1, 0.15) is 16.0 Å². The maximum atomic E-state index is 13.4. The van der Waals surface area contributed by atoms with Gasteiger partial charge in [0.05, 0.1) is 16.5 Å². The van der Waals surface area contributed by atoms with Gasteiger partial charge in [0, 0.05) is 18.0 Å². The molecule has 4 rings (SSSR count). The van der Waals surface area contributed by atoms with Crippen molar-refractivity contribution in [2.24, 2.45) is 0 Å². The van der Waals surface area contributed by atoms with E-state index in [1.807, 2.05) is 12.1 Å². The molecule has 38 heavy (non-hydrogen) atoms. The van der Waals surface area contributed by atoms with Crippen LogP contribution in [0.15, 0.2) is 64.3 Å². The van der Waals surface area contributed by atoms with Crippen molar-refractivity contribution in [2.45, 2.75) is 26.3 Å². The molecule has 2 aromatic carbocycles. The van der Waals surface area contributed by atoms with Crippen molar-refractivity contribution < 1.29 is 14.7 Å². The summed E-state index contributed by atoms with van der Waals surface area (Å²) in [5.41, 5.74) is 0.590. The third kappa shape index (κ3) is 5.29. The standard InChI is InChI=1S/C28H22ClN3O4S2/c1-16-21(15-30)25(34)32(17(2)19-6-4-3-5-7-19)27(36)24(16)22(33)12-13-31-26(35)23(38-28(31)37)14-18-8-10-20(29)11-9-18/h3-11,14,17,36H,12-13H2,1-2H3/b23-14-. The first-order valence-electron chi connectivity index (χ1n) is 11.6. The summed E-state index contributed by atoms with van der Waals surface area (Å²) in [5.74, 6) is -1.36. The first-order valence-corrected chi connectivity index (χ1v) is 13.2. The highest BCUT2D eigenvalue weighted by atomic mass is 35.5. The van der Waals surface area contributed by atoms with E-state index in [0.29, 0.717) is 14.2 Å². The highest BCUT2D eigenvalue weighted by Crippen LogP contribution is 2.34. The van der Waals surface area contributed by atoms with Crippen LogP contribution in [-0.4, -0.2) is 37.1 Å². The van der Waals surface area contributed by atoms with Crippen LogP contribution >= 0.6 is 35.6 Å². The van der Waals surface area contributed by atoms with Crippen LogP contribution < -0.4 is 5.56 Å². The minimum Gasteiger partial charge on any atom is -0.494 e. The minimum absolute atomic E-state index is 0.0183. The molecular weight excluding hydrogens is 542 g/mol. The normalized spacial score (nSPS) is 15.1. The van der Waals surface area contributed by atoms with Gasteiger partial charge in [-0.15, -0.1) is 0 Å². The van der Waals surface area contributed by atoms with E-state index in [4.69, 9.17) is 23.8 Å². The first kappa shape index (κ1) is 27.3. The second kappa shape index (κ2) is 11.4. The number of hydrogen-bond donors (Lipinski definition) is 1. The number of carbonyl (C=O) groups excluding carboxylic acids is 2. The number of aromatic nitrogens is 1. The van der Waals surface area contributed by atoms with E-state index in [0.717, 1.165) is 27.5 Å². The van der Waals surface area contributed by atoms with Crippen LogP contribution in [0.2, 0.25) is 5.02 Å². The van der Waals surface area contributed by atoms with Crippen LogP contribution in [0.5, 0.6) is 5.88 Å². The van der Waals surface area contributed by atoms with Crippen LogP contribution in [-0.2, 0) is 4.79 Å². The van der Waals surface area contributed by atoms with Gasteiger partial charge in [-0.05, 0) is 48.7 Å². The summed E-state index contributed by atoms with van der Waals surface area (Å²) in [4.78, 5) is 41.2. The van der Waals surface area contributed by atoms with E-state index in [-0.39, 0.29) is 35.6 Å². The number of rotatable bonds is 7. The molecule has 1 unspecified atom stereocenters. The fourth-order valence-corrected chi connectivity index (χ4v) is 5.67. The quantitative estimate of drug-likeness (QED) is 0.231. The zero-order valence-electron chi connectivity index (χ0n) is 20.5. The lowest BCUT2D eigenvalue weighted by Crippen LogP contribution is -2.32. The average Bonchev–Trinajstić information content (AvgIpc) is 3.16. The van der Waals surface area contributed by atoms with Crippen molar-refractivity contribution in [2.75, 3.05) is 6.54 Å². The number of pyridine rings is 1. The van der Waals surface area contributed by atoms with E-state index in [2.05, 4.69) is 0 Å². The van der Waals surface area contributed by atoms with Crippen molar-refractivity contribution in [1.29, 1.82) is 5.26 Å². The smallest absolute Gasteiger partial charge is 0.272 e. The summed E-state index contributed by atoms with van der Waals surface area (Å²) in [7, 11) is 0. The molecule has 7 nitrogen and oxygen atoms in total. The van der Waals surface area contributed by atoms with Crippen molar-refractivity contribution >= 4 is 57.7 Å². The molecule has 1 fully saturated rings. The molecule has 10 heteroatoms. The summed E-state index contributed by atoms with van der Waals surface area (Å²) in [6.07, 6.45) is 1.53. The Bertz CT molecular complexity index is 1570.